The largest absolute Gasteiger partial charge is 0.462 e. The van der Waals surface area contributed by atoms with E-state index in [0.717, 1.165) is 25.7 Å². The van der Waals surface area contributed by atoms with Gasteiger partial charge in [0.15, 0.2) is 6.29 Å². The number of thiophene rings is 1. The fourth-order valence-electron chi connectivity index (χ4n) is 2.29. The van der Waals surface area contributed by atoms with Gasteiger partial charge in [0.05, 0.1) is 11.3 Å². The van der Waals surface area contributed by atoms with E-state index in [1.807, 2.05) is 19.1 Å². The van der Waals surface area contributed by atoms with Gasteiger partial charge in [-0.15, -0.1) is 11.3 Å². The van der Waals surface area contributed by atoms with Gasteiger partial charge >= 0.3 is 5.97 Å². The molecule has 2 rings (SSSR count). The molecule has 6 heteroatoms. The van der Waals surface area contributed by atoms with E-state index in [1.165, 1.54) is 11.3 Å². The summed E-state index contributed by atoms with van der Waals surface area (Å²) in [6, 6.07) is 3.88. The van der Waals surface area contributed by atoms with Crippen LogP contribution in [0.25, 0.3) is 10.1 Å². The second kappa shape index (κ2) is 6.87. The number of rotatable bonds is 5. The van der Waals surface area contributed by atoms with Crippen molar-refractivity contribution < 1.29 is 19.0 Å². The van der Waals surface area contributed by atoms with Crippen LogP contribution >= 0.6 is 27.3 Å². The van der Waals surface area contributed by atoms with Crippen LogP contribution in [0.5, 0.6) is 0 Å². The van der Waals surface area contributed by atoms with E-state index in [2.05, 4.69) is 15.9 Å². The van der Waals surface area contributed by atoms with Crippen LogP contribution in [0.2, 0.25) is 0 Å². The van der Waals surface area contributed by atoms with Crippen LogP contribution < -0.4 is 0 Å². The topological polar surface area (TPSA) is 44.8 Å². The molecule has 0 N–H and O–H groups in total. The summed E-state index contributed by atoms with van der Waals surface area (Å²) < 4.78 is 17.8. The van der Waals surface area contributed by atoms with Crippen molar-refractivity contribution in [3.05, 3.63) is 32.6 Å². The van der Waals surface area contributed by atoms with Crippen molar-refractivity contribution in [3.8, 4) is 0 Å². The predicted octanol–water partition coefficient (Wildman–Crippen LogP) is 4.44. The van der Waals surface area contributed by atoms with Gasteiger partial charge in [0.25, 0.3) is 0 Å². The third kappa shape index (κ3) is 2.99. The number of carbonyl (C=O) groups excluding carboxylic acids is 1. The normalized spacial score (nSPS) is 11.3. The Morgan fingerprint density at radius 1 is 1.33 bits per heavy atom. The quantitative estimate of drug-likeness (QED) is 0.574. The summed E-state index contributed by atoms with van der Waals surface area (Å²) in [6.07, 6.45) is -0.469. The molecular weight excluding hydrogens is 356 g/mol. The molecule has 0 unspecified atom stereocenters. The van der Waals surface area contributed by atoms with Gasteiger partial charge in [0, 0.05) is 29.6 Å². The van der Waals surface area contributed by atoms with Crippen LogP contribution in [0.4, 0.5) is 0 Å². The van der Waals surface area contributed by atoms with Gasteiger partial charge in [0.1, 0.15) is 4.88 Å². The Labute approximate surface area is 136 Å². The SMILES string of the molecule is CCOC(=O)c1sc2c(Br)ccc(C(OC)OC)c2c1C. The zero-order valence-electron chi connectivity index (χ0n) is 12.4. The fourth-order valence-corrected chi connectivity index (χ4v) is 4.00. The highest BCUT2D eigenvalue weighted by Gasteiger charge is 2.23. The monoisotopic (exact) mass is 372 g/mol. The Kier molecular flexibility index (Phi) is 5.37. The van der Waals surface area contributed by atoms with Gasteiger partial charge in [-0.1, -0.05) is 6.07 Å². The Hall–Kier alpha value is -0.950. The molecule has 114 valence electrons. The Morgan fingerprint density at radius 3 is 2.57 bits per heavy atom. The highest BCUT2D eigenvalue weighted by atomic mass is 79.9. The van der Waals surface area contributed by atoms with Crippen LogP contribution in [0.1, 0.15) is 34.0 Å². The molecule has 2 aromatic rings. The maximum Gasteiger partial charge on any atom is 0.348 e. The third-order valence-corrected chi connectivity index (χ3v) is 5.43. The molecule has 0 bridgehead atoms. The second-order valence-electron chi connectivity index (χ2n) is 4.42. The van der Waals surface area contributed by atoms with E-state index < -0.39 is 6.29 Å². The number of halogens is 1. The molecule has 0 spiro atoms. The number of carbonyl (C=O) groups is 1. The summed E-state index contributed by atoms with van der Waals surface area (Å²) in [6.45, 7) is 4.08. The van der Waals surface area contributed by atoms with E-state index in [0.29, 0.717) is 11.5 Å². The first-order valence-corrected chi connectivity index (χ1v) is 8.10. The molecule has 1 aromatic heterocycles. The molecule has 0 amide bonds. The summed E-state index contributed by atoms with van der Waals surface area (Å²) in [5, 5.41) is 0.978. The van der Waals surface area contributed by atoms with E-state index in [1.54, 1.807) is 21.1 Å². The lowest BCUT2D eigenvalue weighted by Crippen LogP contribution is -2.05. The molecule has 0 atom stereocenters. The molecule has 1 aromatic carbocycles. The Morgan fingerprint density at radius 2 is 2.00 bits per heavy atom. The lowest BCUT2D eigenvalue weighted by molar-refractivity contribution is -0.105. The number of methoxy groups -OCH3 is 2. The minimum atomic E-state index is -0.469. The lowest BCUT2D eigenvalue weighted by Gasteiger charge is -2.15. The highest BCUT2D eigenvalue weighted by molar-refractivity contribution is 9.10. The maximum absolute atomic E-state index is 12.1. The summed E-state index contributed by atoms with van der Waals surface area (Å²) >= 11 is 4.95. The van der Waals surface area contributed by atoms with Gasteiger partial charge in [-0.2, -0.15) is 0 Å². The number of hydrogen-bond acceptors (Lipinski definition) is 5. The molecule has 0 aliphatic carbocycles. The van der Waals surface area contributed by atoms with E-state index in [9.17, 15) is 4.79 Å². The number of esters is 1. The molecule has 0 saturated heterocycles. The molecule has 0 fully saturated rings. The van der Waals surface area contributed by atoms with Crippen LogP contribution in [0, 0.1) is 6.92 Å². The first-order valence-electron chi connectivity index (χ1n) is 6.49. The summed E-state index contributed by atoms with van der Waals surface area (Å²) in [5.74, 6) is -0.291. The minimum Gasteiger partial charge on any atom is -0.462 e. The Balaban J connectivity index is 2.69. The maximum atomic E-state index is 12.1. The van der Waals surface area contributed by atoms with E-state index in [-0.39, 0.29) is 5.97 Å². The zero-order chi connectivity index (χ0) is 15.6. The number of aryl methyl sites for hydroxylation is 1. The van der Waals surface area contributed by atoms with Crippen LogP contribution in [-0.2, 0) is 14.2 Å². The Bertz CT molecular complexity index is 661. The zero-order valence-corrected chi connectivity index (χ0v) is 14.8. The van der Waals surface area contributed by atoms with Crippen LogP contribution in [-0.4, -0.2) is 26.8 Å². The van der Waals surface area contributed by atoms with Gasteiger partial charge < -0.3 is 14.2 Å². The lowest BCUT2D eigenvalue weighted by atomic mass is 10.1. The summed E-state index contributed by atoms with van der Waals surface area (Å²) in [4.78, 5) is 12.7. The van der Waals surface area contributed by atoms with Crippen molar-refractivity contribution in [2.75, 3.05) is 20.8 Å². The molecule has 0 aliphatic heterocycles. The number of ether oxygens (including phenoxy) is 3. The first kappa shape index (κ1) is 16.4. The predicted molar refractivity (Wildman–Crippen MR) is 87.0 cm³/mol. The molecule has 21 heavy (non-hydrogen) atoms. The standard InChI is InChI=1S/C15H17BrO4S/c1-5-20-14(17)12-8(2)11-9(15(18-3)19-4)6-7-10(16)13(11)21-12/h6-7,15H,5H2,1-4H3. The number of benzene rings is 1. The average molecular weight is 373 g/mol. The summed E-state index contributed by atoms with van der Waals surface area (Å²) in [7, 11) is 3.19. The third-order valence-electron chi connectivity index (χ3n) is 3.20. The van der Waals surface area contributed by atoms with Crippen molar-refractivity contribution in [2.45, 2.75) is 20.1 Å². The van der Waals surface area contributed by atoms with Crippen molar-refractivity contribution in [1.29, 1.82) is 0 Å². The minimum absolute atomic E-state index is 0.291. The molecule has 0 saturated carbocycles. The molecule has 1 heterocycles. The molecule has 4 nitrogen and oxygen atoms in total. The van der Waals surface area contributed by atoms with Crippen molar-refractivity contribution >= 4 is 43.3 Å². The summed E-state index contributed by atoms with van der Waals surface area (Å²) in [5.41, 5.74) is 1.80. The molecule has 0 aliphatic rings. The average Bonchev–Trinajstić information content (AvgIpc) is 2.82. The number of hydrogen-bond donors (Lipinski definition) is 0. The first-order chi connectivity index (χ1) is 10.0. The second-order valence-corrected chi connectivity index (χ2v) is 6.30. The van der Waals surface area contributed by atoms with Gasteiger partial charge in [-0.25, -0.2) is 4.79 Å². The van der Waals surface area contributed by atoms with Crippen molar-refractivity contribution in [1.82, 2.24) is 0 Å². The van der Waals surface area contributed by atoms with Gasteiger partial charge in [-0.05, 0) is 41.4 Å². The van der Waals surface area contributed by atoms with Crippen LogP contribution in [0.3, 0.4) is 0 Å². The van der Waals surface area contributed by atoms with Gasteiger partial charge in [-0.3, -0.25) is 0 Å². The smallest absolute Gasteiger partial charge is 0.348 e. The van der Waals surface area contributed by atoms with Crippen molar-refractivity contribution in [2.24, 2.45) is 0 Å². The van der Waals surface area contributed by atoms with Crippen LogP contribution in [0.15, 0.2) is 16.6 Å². The van der Waals surface area contributed by atoms with E-state index in [4.69, 9.17) is 14.2 Å². The highest BCUT2D eigenvalue weighted by Crippen LogP contribution is 2.40. The van der Waals surface area contributed by atoms with Gasteiger partial charge in [0.2, 0.25) is 0 Å². The number of fused-ring (bicyclic) bond motifs is 1. The molecular formula is C15H17BrO4S. The molecule has 0 radical (unpaired) electrons. The fraction of sp³-hybridized carbons (Fsp3) is 0.400. The van der Waals surface area contributed by atoms with E-state index >= 15 is 0 Å². The van der Waals surface area contributed by atoms with Crippen molar-refractivity contribution in [3.63, 3.8) is 0 Å².